The van der Waals surface area contributed by atoms with Gasteiger partial charge in [-0.15, -0.1) is 11.6 Å². The summed E-state index contributed by atoms with van der Waals surface area (Å²) in [5.41, 5.74) is -4.08. The van der Waals surface area contributed by atoms with Crippen LogP contribution in [0.3, 0.4) is 0 Å². The van der Waals surface area contributed by atoms with Crippen molar-refractivity contribution >= 4 is 11.6 Å². The van der Waals surface area contributed by atoms with Crippen LogP contribution in [-0.2, 0) is 4.74 Å². The van der Waals surface area contributed by atoms with Gasteiger partial charge in [0.25, 0.3) is 0 Å². The van der Waals surface area contributed by atoms with Crippen LogP contribution in [0.2, 0.25) is 0 Å². The Hall–Kier alpha value is -0.940. The highest BCUT2D eigenvalue weighted by Crippen LogP contribution is 2.49. The Bertz CT molecular complexity index is 372. The lowest BCUT2D eigenvalue weighted by atomic mass is 10.1. The molecule has 0 aromatic heterocycles. The summed E-state index contributed by atoms with van der Waals surface area (Å²) in [5, 5.41) is 0. The first-order valence-electron chi connectivity index (χ1n) is 4.59. The normalized spacial score (nSPS) is 14.1. The predicted octanol–water partition coefficient (Wildman–Crippen LogP) is 4.82. The third kappa shape index (κ3) is 4.78. The molecule has 0 aliphatic carbocycles. The van der Waals surface area contributed by atoms with E-state index in [1.165, 1.54) is 0 Å². The maximum absolute atomic E-state index is 12.9. The first-order valence-corrected chi connectivity index (χ1v) is 5.12. The monoisotopic (exact) mass is 360 g/mol. The van der Waals surface area contributed by atoms with Gasteiger partial charge in [0.15, 0.2) is 11.3 Å². The summed E-state index contributed by atoms with van der Waals surface area (Å²) in [6.45, 7) is -1.42. The van der Waals surface area contributed by atoms with Crippen LogP contribution in [0.15, 0.2) is 11.3 Å². The second-order valence-electron chi connectivity index (χ2n) is 3.31. The molecule has 21 heavy (non-hydrogen) atoms. The Labute approximate surface area is 114 Å². The summed E-state index contributed by atoms with van der Waals surface area (Å²) in [6, 6.07) is 0. The number of ether oxygens (including phenoxy) is 1. The van der Waals surface area contributed by atoms with Crippen LogP contribution in [-0.4, -0.2) is 36.9 Å². The molecule has 1 nitrogen and oxygen atoms in total. The van der Waals surface area contributed by atoms with Gasteiger partial charge in [0.2, 0.25) is 0 Å². The zero-order valence-electron chi connectivity index (χ0n) is 9.36. The lowest BCUT2D eigenvalue weighted by Gasteiger charge is -2.27. The van der Waals surface area contributed by atoms with Crippen molar-refractivity contribution in [1.82, 2.24) is 0 Å². The third-order valence-electron chi connectivity index (χ3n) is 1.76. The zero-order valence-corrected chi connectivity index (χ0v) is 10.1. The van der Waals surface area contributed by atoms with Crippen molar-refractivity contribution in [2.75, 3.05) is 12.5 Å². The van der Waals surface area contributed by atoms with E-state index in [-0.39, 0.29) is 0 Å². The average Bonchev–Trinajstić information content (AvgIpc) is 2.17. The number of hydrogen-bond donors (Lipinski definition) is 0. The molecule has 0 fully saturated rings. The molecule has 0 aliphatic rings. The van der Waals surface area contributed by atoms with E-state index in [0.29, 0.717) is 0 Å². The SMILES string of the molecule is FC(F)(F)C(=C(OCCCl)C(F)(F)C(F)(F)F)C(F)(F)F. The number of allylic oxidation sites excluding steroid dienone is 2. The topological polar surface area (TPSA) is 9.23 Å². The zero-order chi connectivity index (χ0) is 17.3. The predicted molar refractivity (Wildman–Crippen MR) is 46.8 cm³/mol. The van der Waals surface area contributed by atoms with Gasteiger partial charge in [-0.3, -0.25) is 0 Å². The number of rotatable bonds is 4. The largest absolute Gasteiger partial charge is 0.489 e. The molecular weight excluding hydrogens is 357 g/mol. The number of hydrogen-bond acceptors (Lipinski definition) is 1. The summed E-state index contributed by atoms with van der Waals surface area (Å²) in [6.07, 6.45) is -19.8. The molecule has 0 N–H and O–H groups in total. The summed E-state index contributed by atoms with van der Waals surface area (Å²) >= 11 is 4.81. The first kappa shape index (κ1) is 20.1. The van der Waals surface area contributed by atoms with Crippen LogP contribution >= 0.6 is 11.6 Å². The minimum Gasteiger partial charge on any atom is -0.489 e. The fourth-order valence-electron chi connectivity index (χ4n) is 1.01. The van der Waals surface area contributed by atoms with Crippen LogP contribution in [0, 0.1) is 0 Å². The number of halogens is 12. The summed E-state index contributed by atoms with van der Waals surface area (Å²) in [5.74, 6) is -11.0. The van der Waals surface area contributed by atoms with Crippen LogP contribution in [0.4, 0.5) is 48.3 Å². The van der Waals surface area contributed by atoms with Gasteiger partial charge in [-0.2, -0.15) is 48.3 Å². The van der Waals surface area contributed by atoms with Crippen molar-refractivity contribution in [3.8, 4) is 0 Å². The van der Waals surface area contributed by atoms with E-state index in [4.69, 9.17) is 11.6 Å². The van der Waals surface area contributed by atoms with E-state index >= 15 is 0 Å². The van der Waals surface area contributed by atoms with Crippen LogP contribution in [0.5, 0.6) is 0 Å². The van der Waals surface area contributed by atoms with Crippen molar-refractivity contribution < 1.29 is 53.0 Å². The molecule has 0 heterocycles. The Morgan fingerprint density at radius 3 is 1.38 bits per heavy atom. The molecule has 0 bridgehead atoms. The van der Waals surface area contributed by atoms with Crippen molar-refractivity contribution in [2.24, 2.45) is 0 Å². The standard InChI is InChI=1S/C8H4ClF11O/c9-1-2-21-4(5(10,11)8(18,19)20)3(6(12,13)14)7(15,16)17/h1-2H2. The van der Waals surface area contributed by atoms with Gasteiger partial charge in [-0.25, -0.2) is 0 Å². The van der Waals surface area contributed by atoms with Crippen molar-refractivity contribution in [2.45, 2.75) is 24.5 Å². The van der Waals surface area contributed by atoms with Crippen molar-refractivity contribution in [3.63, 3.8) is 0 Å². The molecule has 0 atom stereocenters. The average molecular weight is 361 g/mol. The van der Waals surface area contributed by atoms with Crippen LogP contribution < -0.4 is 0 Å². The Kier molecular flexibility index (Phi) is 5.78. The molecule has 0 aromatic rings. The molecular formula is C8H4ClF11O. The molecule has 13 heteroatoms. The van der Waals surface area contributed by atoms with Crippen LogP contribution in [0.25, 0.3) is 0 Å². The first-order chi connectivity index (χ1) is 9.06. The van der Waals surface area contributed by atoms with Gasteiger partial charge in [-0.1, -0.05) is 0 Å². The Balaban J connectivity index is 6.38. The molecule has 0 aliphatic heterocycles. The van der Waals surface area contributed by atoms with Gasteiger partial charge in [0.1, 0.15) is 6.61 Å². The van der Waals surface area contributed by atoms with E-state index < -0.39 is 48.3 Å². The molecule has 0 radical (unpaired) electrons. The van der Waals surface area contributed by atoms with Gasteiger partial charge >= 0.3 is 24.5 Å². The molecule has 0 rings (SSSR count). The van der Waals surface area contributed by atoms with E-state index in [1.54, 1.807) is 0 Å². The van der Waals surface area contributed by atoms with Crippen LogP contribution in [0.1, 0.15) is 0 Å². The minimum atomic E-state index is -6.73. The molecule has 0 saturated carbocycles. The molecule has 0 aromatic carbocycles. The van der Waals surface area contributed by atoms with Gasteiger partial charge in [-0.05, 0) is 0 Å². The molecule has 0 spiro atoms. The third-order valence-corrected chi connectivity index (χ3v) is 1.91. The summed E-state index contributed by atoms with van der Waals surface area (Å²) < 4.78 is 138. The van der Waals surface area contributed by atoms with E-state index in [9.17, 15) is 48.3 Å². The van der Waals surface area contributed by atoms with E-state index in [2.05, 4.69) is 4.74 Å². The second-order valence-corrected chi connectivity index (χ2v) is 3.69. The van der Waals surface area contributed by atoms with Crippen molar-refractivity contribution in [1.29, 1.82) is 0 Å². The summed E-state index contributed by atoms with van der Waals surface area (Å²) in [4.78, 5) is 0. The fourth-order valence-corrected chi connectivity index (χ4v) is 1.08. The lowest BCUT2D eigenvalue weighted by Crippen LogP contribution is -2.43. The van der Waals surface area contributed by atoms with Gasteiger partial charge in [0, 0.05) is 0 Å². The second kappa shape index (κ2) is 6.05. The maximum atomic E-state index is 12.9. The van der Waals surface area contributed by atoms with E-state index in [1.807, 2.05) is 0 Å². The Morgan fingerprint density at radius 2 is 1.14 bits per heavy atom. The molecule has 0 saturated heterocycles. The highest BCUT2D eigenvalue weighted by atomic mass is 35.5. The summed E-state index contributed by atoms with van der Waals surface area (Å²) in [7, 11) is 0. The smallest absolute Gasteiger partial charge is 0.461 e. The van der Waals surface area contributed by atoms with Crippen molar-refractivity contribution in [3.05, 3.63) is 11.3 Å². The van der Waals surface area contributed by atoms with E-state index in [0.717, 1.165) is 0 Å². The van der Waals surface area contributed by atoms with Gasteiger partial charge < -0.3 is 4.74 Å². The van der Waals surface area contributed by atoms with Gasteiger partial charge in [0.05, 0.1) is 5.88 Å². The molecule has 0 amide bonds. The lowest BCUT2D eigenvalue weighted by molar-refractivity contribution is -0.281. The number of alkyl halides is 12. The maximum Gasteiger partial charge on any atom is 0.461 e. The highest BCUT2D eigenvalue weighted by Gasteiger charge is 2.67. The quantitative estimate of drug-likeness (QED) is 0.397. The fraction of sp³-hybridized carbons (Fsp3) is 0.750. The molecule has 0 unspecified atom stereocenters. The highest BCUT2D eigenvalue weighted by molar-refractivity contribution is 6.17. The Morgan fingerprint density at radius 1 is 0.762 bits per heavy atom. The minimum absolute atomic E-state index is 0.916. The molecule has 126 valence electrons.